The highest BCUT2D eigenvalue weighted by atomic mass is 35.5. The molecule has 2 heterocycles. The van der Waals surface area contributed by atoms with E-state index in [9.17, 15) is 9.00 Å². The van der Waals surface area contributed by atoms with Gasteiger partial charge in [-0.3, -0.25) is 4.90 Å². The first kappa shape index (κ1) is 23.2. The molecule has 0 spiro atoms. The van der Waals surface area contributed by atoms with Crippen molar-refractivity contribution < 1.29 is 13.7 Å². The third-order valence-electron chi connectivity index (χ3n) is 5.11. The summed E-state index contributed by atoms with van der Waals surface area (Å²) in [5.41, 5.74) is 1.64. The molecule has 1 amide bonds. The number of amides is 1. The van der Waals surface area contributed by atoms with Crippen LogP contribution in [0.1, 0.15) is 5.56 Å². The van der Waals surface area contributed by atoms with Crippen LogP contribution in [0.15, 0.2) is 60.9 Å². The highest BCUT2D eigenvalue weighted by Crippen LogP contribution is 2.24. The van der Waals surface area contributed by atoms with Crippen molar-refractivity contribution in [2.45, 2.75) is 6.54 Å². The van der Waals surface area contributed by atoms with Gasteiger partial charge in [-0.15, -0.1) is 0 Å². The minimum Gasteiger partial charge on any atom is -0.457 e. The number of nitrogens with one attached hydrogen (secondary N) is 1. The number of rotatable bonds is 6. The zero-order valence-corrected chi connectivity index (χ0v) is 19.9. The van der Waals surface area contributed by atoms with E-state index in [0.29, 0.717) is 23.8 Å². The van der Waals surface area contributed by atoms with Crippen LogP contribution in [-0.4, -0.2) is 68.1 Å². The van der Waals surface area contributed by atoms with Crippen LogP contribution in [0.4, 0.5) is 10.5 Å². The van der Waals surface area contributed by atoms with Crippen molar-refractivity contribution in [3.8, 4) is 11.5 Å². The topological polar surface area (TPSA) is 79.7 Å². The van der Waals surface area contributed by atoms with Gasteiger partial charge in [0.05, 0.1) is 18.1 Å². The van der Waals surface area contributed by atoms with Crippen molar-refractivity contribution in [2.75, 3.05) is 37.2 Å². The molecule has 0 saturated carbocycles. The van der Waals surface area contributed by atoms with E-state index in [1.54, 1.807) is 17.0 Å². The van der Waals surface area contributed by atoms with Gasteiger partial charge in [0.15, 0.2) is 0 Å². The van der Waals surface area contributed by atoms with Crippen molar-refractivity contribution >= 4 is 38.9 Å². The van der Waals surface area contributed by atoms with Gasteiger partial charge in [-0.2, -0.15) is 9.78 Å². The predicted octanol–water partition coefficient (Wildman–Crippen LogP) is 3.79. The fourth-order valence-corrected chi connectivity index (χ4v) is 4.31. The Labute approximate surface area is 198 Å². The lowest BCUT2D eigenvalue weighted by Crippen LogP contribution is -2.49. The fourth-order valence-electron chi connectivity index (χ4n) is 3.58. The first-order valence-electron chi connectivity index (χ1n) is 10.4. The zero-order valence-electron chi connectivity index (χ0n) is 18.3. The molecule has 1 saturated heterocycles. The van der Waals surface area contributed by atoms with E-state index in [-0.39, 0.29) is 6.03 Å². The summed E-state index contributed by atoms with van der Waals surface area (Å²) < 4.78 is 21.7. The molecule has 0 radical (unpaired) electrons. The standard InChI is InChI=1S/C23H26ClN5O3S/c1-33(2,31)26-20-15-25-29(17-20)23(30)28-12-10-27(11-13-28)16-18-4-3-5-22(14-18)32-21-8-6-19(24)7-9-21/h3-9,14-15,17H,1,10-13,16H2,2H3,(H,26,31). The monoisotopic (exact) mass is 487 g/mol. The highest BCUT2D eigenvalue weighted by Gasteiger charge is 2.23. The van der Waals surface area contributed by atoms with Gasteiger partial charge < -0.3 is 14.4 Å². The summed E-state index contributed by atoms with van der Waals surface area (Å²) >= 11 is 5.93. The number of aromatic nitrogens is 2. The maximum Gasteiger partial charge on any atom is 0.344 e. The largest absolute Gasteiger partial charge is 0.457 e. The van der Waals surface area contributed by atoms with Crippen LogP contribution < -0.4 is 9.46 Å². The van der Waals surface area contributed by atoms with Crippen molar-refractivity contribution in [1.29, 1.82) is 0 Å². The molecule has 33 heavy (non-hydrogen) atoms. The van der Waals surface area contributed by atoms with Crippen LogP contribution in [0, 0.1) is 0 Å². The average Bonchev–Trinajstić information content (AvgIpc) is 3.22. The van der Waals surface area contributed by atoms with E-state index in [1.807, 2.05) is 30.3 Å². The molecule has 8 nitrogen and oxygen atoms in total. The van der Waals surface area contributed by atoms with Gasteiger partial charge in [0.1, 0.15) is 11.5 Å². The molecule has 174 valence electrons. The lowest BCUT2D eigenvalue weighted by Gasteiger charge is -2.34. The smallest absolute Gasteiger partial charge is 0.344 e. The third kappa shape index (κ3) is 6.50. The van der Waals surface area contributed by atoms with Crippen molar-refractivity contribution in [2.24, 2.45) is 0 Å². The maximum absolute atomic E-state index is 12.8. The Bertz CT molecular complexity index is 1220. The average molecular weight is 488 g/mol. The number of carbonyl (C=O) groups excluding carboxylic acids is 1. The number of carbonyl (C=O) groups is 1. The summed E-state index contributed by atoms with van der Waals surface area (Å²) in [7, 11) is -2.42. The van der Waals surface area contributed by atoms with Gasteiger partial charge >= 0.3 is 6.03 Å². The van der Waals surface area contributed by atoms with Crippen molar-refractivity contribution in [3.05, 3.63) is 71.5 Å². The number of halogens is 1. The van der Waals surface area contributed by atoms with Gasteiger partial charge in [-0.05, 0) is 47.8 Å². The molecule has 2 aromatic carbocycles. The SMILES string of the molecule is C=S(C)(=O)Nc1cnn(C(=O)N2CCN(Cc3cccc(Oc4ccc(Cl)cc4)c3)CC2)c1. The maximum atomic E-state index is 12.8. The quantitative estimate of drug-likeness (QED) is 0.535. The second kappa shape index (κ2) is 9.86. The van der Waals surface area contributed by atoms with Gasteiger partial charge in [0, 0.05) is 53.7 Å². The summed E-state index contributed by atoms with van der Waals surface area (Å²) in [5.74, 6) is 5.05. The van der Waals surface area contributed by atoms with Crippen molar-refractivity contribution in [3.63, 3.8) is 0 Å². The summed E-state index contributed by atoms with van der Waals surface area (Å²) in [6.45, 7) is 3.47. The molecule has 1 aliphatic heterocycles. The lowest BCUT2D eigenvalue weighted by atomic mass is 10.2. The molecule has 0 bridgehead atoms. The van der Waals surface area contributed by atoms with Crippen LogP contribution in [-0.2, 0) is 16.3 Å². The Morgan fingerprint density at radius 3 is 2.58 bits per heavy atom. The first-order chi connectivity index (χ1) is 15.7. The Morgan fingerprint density at radius 2 is 1.88 bits per heavy atom. The van der Waals surface area contributed by atoms with E-state index in [1.165, 1.54) is 23.3 Å². The number of anilines is 1. The second-order valence-electron chi connectivity index (χ2n) is 8.03. The Balaban J connectivity index is 1.30. The molecule has 0 aliphatic carbocycles. The molecular formula is C23H26ClN5O3S. The van der Waals surface area contributed by atoms with E-state index >= 15 is 0 Å². The zero-order chi connectivity index (χ0) is 23.4. The summed E-state index contributed by atoms with van der Waals surface area (Å²) in [6, 6.07) is 15.1. The summed E-state index contributed by atoms with van der Waals surface area (Å²) in [5, 5.41) is 4.76. The highest BCUT2D eigenvalue weighted by molar-refractivity contribution is 8.00. The number of benzene rings is 2. The van der Waals surface area contributed by atoms with Crippen LogP contribution in [0.3, 0.4) is 0 Å². The van der Waals surface area contributed by atoms with Crippen LogP contribution in [0.2, 0.25) is 5.02 Å². The molecule has 1 atom stereocenters. The molecule has 10 heteroatoms. The molecule has 3 aromatic rings. The Hall–Kier alpha value is -3.01. The fraction of sp³-hybridized carbons (Fsp3) is 0.261. The third-order valence-corrected chi connectivity index (χ3v) is 6.03. The van der Waals surface area contributed by atoms with Gasteiger partial charge in [0.25, 0.3) is 0 Å². The summed E-state index contributed by atoms with van der Waals surface area (Å²) in [4.78, 5) is 16.8. The summed E-state index contributed by atoms with van der Waals surface area (Å²) in [6.07, 6.45) is 4.50. The number of piperazine rings is 1. The molecule has 1 N–H and O–H groups in total. The predicted molar refractivity (Wildman–Crippen MR) is 133 cm³/mol. The number of ether oxygens (including phenoxy) is 1. The van der Waals surface area contributed by atoms with Crippen molar-refractivity contribution in [1.82, 2.24) is 19.6 Å². The van der Waals surface area contributed by atoms with E-state index < -0.39 is 9.71 Å². The van der Waals surface area contributed by atoms with Crippen LogP contribution in [0.5, 0.6) is 11.5 Å². The van der Waals surface area contributed by atoms with Crippen LogP contribution in [0.25, 0.3) is 0 Å². The van der Waals surface area contributed by atoms with Crippen LogP contribution >= 0.6 is 11.6 Å². The molecule has 1 unspecified atom stereocenters. The van der Waals surface area contributed by atoms with E-state index in [2.05, 4.69) is 26.7 Å². The molecular weight excluding hydrogens is 462 g/mol. The molecule has 1 aliphatic rings. The number of hydrogen-bond acceptors (Lipinski definition) is 5. The van der Waals surface area contributed by atoms with Gasteiger partial charge in [-0.1, -0.05) is 23.7 Å². The van der Waals surface area contributed by atoms with E-state index in [0.717, 1.165) is 36.7 Å². The lowest BCUT2D eigenvalue weighted by molar-refractivity contribution is 0.134. The minimum atomic E-state index is -2.42. The molecule has 1 fully saturated rings. The second-order valence-corrected chi connectivity index (χ2v) is 10.7. The molecule has 1 aromatic heterocycles. The van der Waals surface area contributed by atoms with Gasteiger partial charge in [-0.25, -0.2) is 9.00 Å². The Morgan fingerprint density at radius 1 is 1.15 bits per heavy atom. The molecule has 4 rings (SSSR count). The number of hydrogen-bond donors (Lipinski definition) is 1. The van der Waals surface area contributed by atoms with E-state index in [4.69, 9.17) is 16.3 Å². The number of nitrogens with zero attached hydrogens (tertiary/aromatic N) is 4. The first-order valence-corrected chi connectivity index (χ1v) is 13.0. The normalized spacial score (nSPS) is 16.2. The van der Waals surface area contributed by atoms with Gasteiger partial charge in [0.2, 0.25) is 0 Å². The Kier molecular flexibility index (Phi) is 6.92. The minimum absolute atomic E-state index is 0.201.